The molecule has 2 aromatic carbocycles. The van der Waals surface area contributed by atoms with Crippen LogP contribution in [0.5, 0.6) is 0 Å². The van der Waals surface area contributed by atoms with Gasteiger partial charge in [0.25, 0.3) is 0 Å². The lowest BCUT2D eigenvalue weighted by atomic mass is 10.0. The molecular formula is C23H26F2N4. The highest BCUT2D eigenvalue weighted by atomic mass is 19.2. The zero-order valence-electron chi connectivity index (χ0n) is 16.5. The van der Waals surface area contributed by atoms with Gasteiger partial charge in [0.15, 0.2) is 11.6 Å². The molecular weight excluding hydrogens is 370 g/mol. The van der Waals surface area contributed by atoms with Gasteiger partial charge >= 0.3 is 0 Å². The fraction of sp³-hybridized carbons (Fsp3) is 0.435. The standard InChI is InChI=1S/C23H26F2N4/c24-19-6-7-20-22(21(19)25)29(23(27-20)17-8-11-26-14-17)18-9-12-28(13-10-18)15-16-4-2-1-3-5-16/h1-7,17-18,26H,8-15H2/t17-/m1/s1. The minimum Gasteiger partial charge on any atom is -0.322 e. The molecule has 0 bridgehead atoms. The van der Waals surface area contributed by atoms with Crippen molar-refractivity contribution in [3.05, 3.63) is 65.5 Å². The van der Waals surface area contributed by atoms with E-state index >= 15 is 0 Å². The van der Waals surface area contributed by atoms with Crippen LogP contribution >= 0.6 is 0 Å². The summed E-state index contributed by atoms with van der Waals surface area (Å²) in [6, 6.07) is 13.4. The van der Waals surface area contributed by atoms with E-state index in [-0.39, 0.29) is 12.0 Å². The van der Waals surface area contributed by atoms with Gasteiger partial charge in [-0.2, -0.15) is 0 Å². The third kappa shape index (κ3) is 3.55. The number of nitrogens with zero attached hydrogens (tertiary/aromatic N) is 3. The predicted octanol–water partition coefficient (Wildman–Crippen LogP) is 4.23. The highest BCUT2D eigenvalue weighted by Crippen LogP contribution is 2.35. The van der Waals surface area contributed by atoms with Crippen LogP contribution in [-0.4, -0.2) is 40.6 Å². The molecule has 0 saturated carbocycles. The average Bonchev–Trinajstić information content (AvgIpc) is 3.40. The van der Waals surface area contributed by atoms with Gasteiger partial charge in [-0.1, -0.05) is 30.3 Å². The minimum absolute atomic E-state index is 0.152. The van der Waals surface area contributed by atoms with Gasteiger partial charge in [-0.05, 0) is 43.5 Å². The average molecular weight is 396 g/mol. The molecule has 2 fully saturated rings. The number of piperidine rings is 1. The fourth-order valence-electron chi connectivity index (χ4n) is 4.85. The van der Waals surface area contributed by atoms with E-state index in [4.69, 9.17) is 4.98 Å². The van der Waals surface area contributed by atoms with Crippen LogP contribution in [0.1, 0.15) is 42.6 Å². The number of hydrogen-bond donors (Lipinski definition) is 1. The molecule has 2 aliphatic heterocycles. The number of imidazole rings is 1. The Labute approximate surface area is 169 Å². The Morgan fingerprint density at radius 1 is 1.00 bits per heavy atom. The first kappa shape index (κ1) is 18.7. The number of fused-ring (bicyclic) bond motifs is 1. The van der Waals surface area contributed by atoms with Crippen molar-refractivity contribution in [2.75, 3.05) is 26.2 Å². The van der Waals surface area contributed by atoms with Crippen molar-refractivity contribution in [2.24, 2.45) is 0 Å². The number of nitrogens with one attached hydrogen (secondary N) is 1. The monoisotopic (exact) mass is 396 g/mol. The van der Waals surface area contributed by atoms with Crippen LogP contribution in [-0.2, 0) is 6.54 Å². The van der Waals surface area contributed by atoms with Crippen molar-refractivity contribution in [3.8, 4) is 0 Å². The Hall–Kier alpha value is -2.31. The van der Waals surface area contributed by atoms with Crippen LogP contribution < -0.4 is 5.32 Å². The maximum atomic E-state index is 14.8. The first-order valence-corrected chi connectivity index (χ1v) is 10.5. The van der Waals surface area contributed by atoms with E-state index in [2.05, 4.69) is 34.5 Å². The van der Waals surface area contributed by atoms with Gasteiger partial charge in [-0.3, -0.25) is 4.90 Å². The highest BCUT2D eigenvalue weighted by Gasteiger charge is 2.31. The predicted molar refractivity (Wildman–Crippen MR) is 110 cm³/mol. The van der Waals surface area contributed by atoms with Gasteiger partial charge in [-0.25, -0.2) is 13.8 Å². The summed E-state index contributed by atoms with van der Waals surface area (Å²) in [5.41, 5.74) is 2.22. The number of benzene rings is 2. The normalized spacial score (nSPS) is 21.2. The summed E-state index contributed by atoms with van der Waals surface area (Å²) >= 11 is 0. The van der Waals surface area contributed by atoms with Crippen molar-refractivity contribution in [3.63, 3.8) is 0 Å². The molecule has 29 heavy (non-hydrogen) atoms. The lowest BCUT2D eigenvalue weighted by Crippen LogP contribution is -2.35. The van der Waals surface area contributed by atoms with Crippen LogP contribution in [0.4, 0.5) is 8.78 Å². The lowest BCUT2D eigenvalue weighted by Gasteiger charge is -2.34. The van der Waals surface area contributed by atoms with Gasteiger partial charge in [-0.15, -0.1) is 0 Å². The van der Waals surface area contributed by atoms with Gasteiger partial charge in [0.05, 0.1) is 5.52 Å². The van der Waals surface area contributed by atoms with Crippen molar-refractivity contribution in [1.82, 2.24) is 19.8 Å². The highest BCUT2D eigenvalue weighted by molar-refractivity contribution is 5.77. The van der Waals surface area contributed by atoms with Gasteiger partial charge in [0.1, 0.15) is 11.3 Å². The van der Waals surface area contributed by atoms with Crippen LogP contribution in [0.3, 0.4) is 0 Å². The fourth-order valence-corrected chi connectivity index (χ4v) is 4.85. The van der Waals surface area contributed by atoms with E-state index in [1.54, 1.807) is 6.07 Å². The van der Waals surface area contributed by atoms with Crippen molar-refractivity contribution >= 4 is 11.0 Å². The van der Waals surface area contributed by atoms with Crippen LogP contribution in [0.2, 0.25) is 0 Å². The molecule has 0 unspecified atom stereocenters. The maximum absolute atomic E-state index is 14.8. The van der Waals surface area contributed by atoms with E-state index < -0.39 is 11.6 Å². The Bertz CT molecular complexity index is 987. The molecule has 1 aromatic heterocycles. The van der Waals surface area contributed by atoms with E-state index in [0.717, 1.165) is 57.8 Å². The molecule has 6 heteroatoms. The molecule has 1 atom stereocenters. The summed E-state index contributed by atoms with van der Waals surface area (Å²) in [6.45, 7) is 4.61. The molecule has 0 aliphatic carbocycles. The quantitative estimate of drug-likeness (QED) is 0.717. The van der Waals surface area contributed by atoms with E-state index in [1.807, 2.05) is 10.6 Å². The molecule has 2 saturated heterocycles. The molecule has 5 rings (SSSR count). The van der Waals surface area contributed by atoms with Crippen LogP contribution in [0.25, 0.3) is 11.0 Å². The number of halogens is 2. The second-order valence-electron chi connectivity index (χ2n) is 8.25. The van der Waals surface area contributed by atoms with Crippen LogP contribution in [0, 0.1) is 11.6 Å². The molecule has 152 valence electrons. The van der Waals surface area contributed by atoms with E-state index in [9.17, 15) is 8.78 Å². The van der Waals surface area contributed by atoms with Crippen molar-refractivity contribution < 1.29 is 8.78 Å². The maximum Gasteiger partial charge on any atom is 0.184 e. The number of aromatic nitrogens is 2. The largest absolute Gasteiger partial charge is 0.322 e. The second kappa shape index (κ2) is 7.84. The summed E-state index contributed by atoms with van der Waals surface area (Å²) in [4.78, 5) is 7.20. The molecule has 1 N–H and O–H groups in total. The van der Waals surface area contributed by atoms with Gasteiger partial charge in [0, 0.05) is 38.1 Å². The van der Waals surface area contributed by atoms with Gasteiger partial charge in [0.2, 0.25) is 0 Å². The van der Waals surface area contributed by atoms with Gasteiger partial charge < -0.3 is 9.88 Å². The summed E-state index contributed by atoms with van der Waals surface area (Å²) in [5, 5.41) is 3.38. The molecule has 3 aromatic rings. The second-order valence-corrected chi connectivity index (χ2v) is 8.25. The number of hydrogen-bond acceptors (Lipinski definition) is 3. The SMILES string of the molecule is Fc1ccc2nc([C@@H]3CCNC3)n(C3CCN(Cc4ccccc4)CC3)c2c1F. The first-order valence-electron chi connectivity index (χ1n) is 10.5. The topological polar surface area (TPSA) is 33.1 Å². The third-order valence-electron chi connectivity index (χ3n) is 6.37. The third-order valence-corrected chi connectivity index (χ3v) is 6.37. The van der Waals surface area contributed by atoms with Crippen molar-refractivity contribution in [1.29, 1.82) is 0 Å². The number of rotatable bonds is 4. The summed E-state index contributed by atoms with van der Waals surface area (Å²) in [6.07, 6.45) is 2.82. The molecule has 4 nitrogen and oxygen atoms in total. The summed E-state index contributed by atoms with van der Waals surface area (Å²) in [5.74, 6) is -0.390. The van der Waals surface area contributed by atoms with E-state index in [1.165, 1.54) is 11.6 Å². The zero-order chi connectivity index (χ0) is 19.8. The first-order chi connectivity index (χ1) is 14.2. The summed E-state index contributed by atoms with van der Waals surface area (Å²) < 4.78 is 30.9. The Kier molecular flexibility index (Phi) is 5.06. The van der Waals surface area contributed by atoms with E-state index in [0.29, 0.717) is 11.0 Å². The Morgan fingerprint density at radius 2 is 1.79 bits per heavy atom. The zero-order valence-corrected chi connectivity index (χ0v) is 16.5. The van der Waals surface area contributed by atoms with Crippen molar-refractivity contribution in [2.45, 2.75) is 37.8 Å². The van der Waals surface area contributed by atoms with Crippen LogP contribution in [0.15, 0.2) is 42.5 Å². The molecule has 2 aliphatic rings. The number of likely N-dealkylation sites (tertiary alicyclic amines) is 1. The Balaban J connectivity index is 1.43. The molecule has 0 amide bonds. The summed E-state index contributed by atoms with van der Waals surface area (Å²) in [7, 11) is 0. The minimum atomic E-state index is -0.795. The molecule has 0 spiro atoms. The lowest BCUT2D eigenvalue weighted by molar-refractivity contribution is 0.179. The molecule has 0 radical (unpaired) electrons. The molecule has 3 heterocycles. The Morgan fingerprint density at radius 3 is 2.52 bits per heavy atom. The smallest absolute Gasteiger partial charge is 0.184 e.